The molecule has 0 unspecified atom stereocenters. The zero-order valence-corrected chi connectivity index (χ0v) is 16.3. The lowest BCUT2D eigenvalue weighted by Crippen LogP contribution is -2.84. The highest BCUT2D eigenvalue weighted by molar-refractivity contribution is 5.49. The van der Waals surface area contributed by atoms with Crippen molar-refractivity contribution >= 4 is 0 Å². The zero-order valence-electron chi connectivity index (χ0n) is 16.3. The van der Waals surface area contributed by atoms with Gasteiger partial charge in [0.1, 0.15) is 24.1 Å². The summed E-state index contributed by atoms with van der Waals surface area (Å²) in [6.45, 7) is 2.89. The highest BCUT2D eigenvalue weighted by Gasteiger charge is 2.18. The van der Waals surface area contributed by atoms with Gasteiger partial charge in [0.15, 0.2) is 0 Å². The number of rotatable bonds is 8. The first-order chi connectivity index (χ1) is 13.2. The van der Waals surface area contributed by atoms with Gasteiger partial charge in [0.25, 0.3) is 0 Å². The second kappa shape index (κ2) is 9.24. The fourth-order valence-corrected chi connectivity index (χ4v) is 3.57. The topological polar surface area (TPSA) is 35.1 Å². The van der Waals surface area contributed by atoms with Gasteiger partial charge in [-0.2, -0.15) is 0 Å². The summed E-state index contributed by atoms with van der Waals surface area (Å²) in [6.07, 6.45) is 0.988. The van der Waals surface area contributed by atoms with Crippen LogP contribution in [-0.4, -0.2) is 14.2 Å². The molecule has 1 atom stereocenters. The SMILES string of the molecule is COc1ccc(C[NH2+][C@@H](Cc2ccccc2)c2ccccc2)c(OC)c1C. The summed E-state index contributed by atoms with van der Waals surface area (Å²) in [4.78, 5) is 0. The van der Waals surface area contributed by atoms with E-state index in [1.807, 2.05) is 13.0 Å². The maximum absolute atomic E-state index is 5.67. The summed E-state index contributed by atoms with van der Waals surface area (Å²) in [5.41, 5.74) is 4.92. The minimum Gasteiger partial charge on any atom is -0.496 e. The highest BCUT2D eigenvalue weighted by Crippen LogP contribution is 2.30. The maximum atomic E-state index is 5.67. The lowest BCUT2D eigenvalue weighted by molar-refractivity contribution is -0.711. The number of methoxy groups -OCH3 is 2. The molecule has 2 N–H and O–H groups in total. The lowest BCUT2D eigenvalue weighted by atomic mass is 9.98. The summed E-state index contributed by atoms with van der Waals surface area (Å²) in [6, 6.07) is 25.8. The van der Waals surface area contributed by atoms with Crippen molar-refractivity contribution in [1.29, 1.82) is 0 Å². The van der Waals surface area contributed by atoms with Gasteiger partial charge in [-0.3, -0.25) is 0 Å². The van der Waals surface area contributed by atoms with E-state index in [2.05, 4.69) is 72.0 Å². The average molecular weight is 362 g/mol. The Morgan fingerprint density at radius 1 is 0.815 bits per heavy atom. The number of ether oxygens (including phenoxy) is 2. The van der Waals surface area contributed by atoms with Crippen molar-refractivity contribution in [2.24, 2.45) is 0 Å². The first-order valence-electron chi connectivity index (χ1n) is 9.35. The summed E-state index contributed by atoms with van der Waals surface area (Å²) < 4.78 is 11.1. The number of hydrogen-bond donors (Lipinski definition) is 1. The van der Waals surface area contributed by atoms with E-state index >= 15 is 0 Å². The molecule has 3 aromatic carbocycles. The van der Waals surface area contributed by atoms with Crippen LogP contribution in [0.2, 0.25) is 0 Å². The van der Waals surface area contributed by atoms with E-state index in [0.29, 0.717) is 6.04 Å². The molecule has 3 rings (SSSR count). The van der Waals surface area contributed by atoms with Crippen LogP contribution in [0.5, 0.6) is 11.5 Å². The number of benzene rings is 3. The molecule has 140 valence electrons. The molecular weight excluding hydrogens is 334 g/mol. The fourth-order valence-electron chi connectivity index (χ4n) is 3.57. The highest BCUT2D eigenvalue weighted by atomic mass is 16.5. The van der Waals surface area contributed by atoms with E-state index < -0.39 is 0 Å². The van der Waals surface area contributed by atoms with E-state index in [0.717, 1.165) is 30.0 Å². The molecule has 0 aliphatic rings. The van der Waals surface area contributed by atoms with Gasteiger partial charge in [0.2, 0.25) is 0 Å². The predicted molar refractivity (Wildman–Crippen MR) is 109 cm³/mol. The quantitative estimate of drug-likeness (QED) is 0.656. The standard InChI is InChI=1S/C24H27NO2/c1-18-23(26-2)15-14-21(24(18)27-3)17-25-22(20-12-8-5-9-13-20)16-19-10-6-4-7-11-19/h4-15,22,25H,16-17H2,1-3H3/p+1/t22-/m0/s1. The summed E-state index contributed by atoms with van der Waals surface area (Å²) in [5.74, 6) is 1.77. The van der Waals surface area contributed by atoms with E-state index in [4.69, 9.17) is 9.47 Å². The molecule has 0 aromatic heterocycles. The van der Waals surface area contributed by atoms with Crippen molar-refractivity contribution in [3.05, 3.63) is 95.1 Å². The summed E-state index contributed by atoms with van der Waals surface area (Å²) in [7, 11) is 3.42. The number of quaternary nitrogens is 1. The van der Waals surface area contributed by atoms with Crippen LogP contribution in [0.3, 0.4) is 0 Å². The Morgan fingerprint density at radius 3 is 2.11 bits per heavy atom. The monoisotopic (exact) mass is 362 g/mol. The fraction of sp³-hybridized carbons (Fsp3) is 0.250. The Balaban J connectivity index is 1.82. The van der Waals surface area contributed by atoms with Crippen molar-refractivity contribution in [3.63, 3.8) is 0 Å². The van der Waals surface area contributed by atoms with Crippen molar-refractivity contribution in [1.82, 2.24) is 0 Å². The van der Waals surface area contributed by atoms with Gasteiger partial charge < -0.3 is 14.8 Å². The first-order valence-corrected chi connectivity index (χ1v) is 9.35. The normalized spacial score (nSPS) is 11.8. The smallest absolute Gasteiger partial charge is 0.134 e. The van der Waals surface area contributed by atoms with E-state index in [1.165, 1.54) is 16.7 Å². The molecule has 0 amide bonds. The lowest BCUT2D eigenvalue weighted by Gasteiger charge is -2.19. The van der Waals surface area contributed by atoms with Crippen LogP contribution in [0.15, 0.2) is 72.8 Å². The van der Waals surface area contributed by atoms with Crippen molar-refractivity contribution in [3.8, 4) is 11.5 Å². The van der Waals surface area contributed by atoms with Gasteiger partial charge in [0, 0.05) is 23.1 Å². The zero-order chi connectivity index (χ0) is 19.1. The van der Waals surface area contributed by atoms with Crippen molar-refractivity contribution in [2.75, 3.05) is 14.2 Å². The molecule has 0 spiro atoms. The van der Waals surface area contributed by atoms with Gasteiger partial charge in [-0.1, -0.05) is 60.7 Å². The van der Waals surface area contributed by atoms with Crippen LogP contribution >= 0.6 is 0 Å². The van der Waals surface area contributed by atoms with Crippen LogP contribution in [0, 0.1) is 6.92 Å². The Hall–Kier alpha value is -2.78. The molecule has 3 aromatic rings. The molecule has 0 radical (unpaired) electrons. The van der Waals surface area contributed by atoms with Gasteiger partial charge >= 0.3 is 0 Å². The Labute approximate surface area is 162 Å². The third-order valence-electron chi connectivity index (χ3n) is 5.01. The van der Waals surface area contributed by atoms with Crippen molar-refractivity contribution < 1.29 is 14.8 Å². The third kappa shape index (κ3) is 4.69. The molecule has 3 heteroatoms. The predicted octanol–water partition coefficient (Wildman–Crippen LogP) is 4.06. The largest absolute Gasteiger partial charge is 0.496 e. The molecule has 0 heterocycles. The van der Waals surface area contributed by atoms with Crippen LogP contribution in [0.1, 0.15) is 28.3 Å². The minimum absolute atomic E-state index is 0.348. The minimum atomic E-state index is 0.348. The Bertz CT molecular complexity index is 847. The first kappa shape index (κ1) is 19.0. The molecule has 3 nitrogen and oxygen atoms in total. The van der Waals surface area contributed by atoms with Crippen LogP contribution in [0.25, 0.3) is 0 Å². The third-order valence-corrected chi connectivity index (χ3v) is 5.01. The Kier molecular flexibility index (Phi) is 6.50. The van der Waals surface area contributed by atoms with Gasteiger partial charge in [0.05, 0.1) is 14.2 Å². The van der Waals surface area contributed by atoms with Gasteiger partial charge in [-0.05, 0) is 24.6 Å². The van der Waals surface area contributed by atoms with Crippen LogP contribution in [0.4, 0.5) is 0 Å². The van der Waals surface area contributed by atoms with Crippen molar-refractivity contribution in [2.45, 2.75) is 25.9 Å². The number of hydrogen-bond acceptors (Lipinski definition) is 2. The molecule has 0 aliphatic carbocycles. The Morgan fingerprint density at radius 2 is 1.48 bits per heavy atom. The molecule has 0 saturated carbocycles. The van der Waals surface area contributed by atoms with Crippen LogP contribution in [-0.2, 0) is 13.0 Å². The van der Waals surface area contributed by atoms with E-state index in [9.17, 15) is 0 Å². The second-order valence-corrected chi connectivity index (χ2v) is 6.73. The van der Waals surface area contributed by atoms with E-state index in [-0.39, 0.29) is 0 Å². The molecule has 0 aliphatic heterocycles. The summed E-state index contributed by atoms with van der Waals surface area (Å²) >= 11 is 0. The molecule has 27 heavy (non-hydrogen) atoms. The molecular formula is C24H28NO2+. The van der Waals surface area contributed by atoms with E-state index in [1.54, 1.807) is 14.2 Å². The molecule has 0 bridgehead atoms. The summed E-state index contributed by atoms with van der Waals surface area (Å²) in [5, 5.41) is 2.39. The second-order valence-electron chi connectivity index (χ2n) is 6.73. The number of nitrogens with two attached hydrogens (primary N) is 1. The maximum Gasteiger partial charge on any atom is 0.134 e. The average Bonchev–Trinajstić information content (AvgIpc) is 2.72. The molecule has 0 saturated heterocycles. The van der Waals surface area contributed by atoms with Crippen LogP contribution < -0.4 is 14.8 Å². The molecule has 0 fully saturated rings. The van der Waals surface area contributed by atoms with Gasteiger partial charge in [-0.25, -0.2) is 0 Å². The van der Waals surface area contributed by atoms with Gasteiger partial charge in [-0.15, -0.1) is 0 Å².